The maximum atomic E-state index is 5.63. The number of piperazine rings is 1. The van der Waals surface area contributed by atoms with E-state index in [9.17, 15) is 0 Å². The van der Waals surface area contributed by atoms with Crippen LogP contribution in [0, 0.1) is 0 Å². The first kappa shape index (κ1) is 21.0. The summed E-state index contributed by atoms with van der Waals surface area (Å²) < 4.78 is 16.1. The van der Waals surface area contributed by atoms with E-state index in [0.29, 0.717) is 13.2 Å². The second kappa shape index (κ2) is 11.4. The number of methoxy groups -OCH3 is 1. The summed E-state index contributed by atoms with van der Waals surface area (Å²) in [5, 5.41) is 3.42. The topological polar surface area (TPSA) is 62.5 Å². The highest BCUT2D eigenvalue weighted by atomic mass is 16.5. The van der Waals surface area contributed by atoms with Gasteiger partial charge in [-0.3, -0.25) is 4.99 Å². The van der Waals surface area contributed by atoms with Crippen molar-refractivity contribution in [2.24, 2.45) is 4.99 Å². The van der Waals surface area contributed by atoms with E-state index in [-0.39, 0.29) is 0 Å². The number of furan rings is 1. The van der Waals surface area contributed by atoms with Crippen LogP contribution in [0.15, 0.2) is 52.1 Å². The van der Waals surface area contributed by atoms with Crippen LogP contribution in [0.1, 0.15) is 19.1 Å². The average Bonchev–Trinajstić information content (AvgIpc) is 3.29. The number of nitrogens with zero attached hydrogens (tertiary/aromatic N) is 3. The first-order valence-corrected chi connectivity index (χ1v) is 10.3. The first-order valence-electron chi connectivity index (χ1n) is 10.3. The van der Waals surface area contributed by atoms with Crippen LogP contribution in [0.4, 0.5) is 5.69 Å². The van der Waals surface area contributed by atoms with Gasteiger partial charge in [-0.25, -0.2) is 0 Å². The molecule has 0 amide bonds. The predicted molar refractivity (Wildman–Crippen MR) is 116 cm³/mol. The van der Waals surface area contributed by atoms with E-state index in [4.69, 9.17) is 18.9 Å². The lowest BCUT2D eigenvalue weighted by atomic mass is 10.2. The Hall–Kier alpha value is -2.67. The van der Waals surface area contributed by atoms with Crippen molar-refractivity contribution in [3.8, 4) is 5.75 Å². The Balaban J connectivity index is 1.42. The molecule has 0 saturated carbocycles. The van der Waals surface area contributed by atoms with Gasteiger partial charge in [0, 0.05) is 51.6 Å². The Morgan fingerprint density at radius 3 is 2.59 bits per heavy atom. The normalized spacial score (nSPS) is 14.9. The van der Waals surface area contributed by atoms with Gasteiger partial charge in [-0.2, -0.15) is 0 Å². The molecule has 158 valence electrons. The molecule has 7 heteroatoms. The minimum Gasteiger partial charge on any atom is -0.497 e. The highest BCUT2D eigenvalue weighted by Crippen LogP contribution is 2.20. The van der Waals surface area contributed by atoms with Crippen molar-refractivity contribution in [2.75, 3.05) is 57.9 Å². The van der Waals surface area contributed by atoms with E-state index < -0.39 is 0 Å². The average molecular weight is 401 g/mol. The minimum atomic E-state index is 0.518. The van der Waals surface area contributed by atoms with Crippen molar-refractivity contribution < 1.29 is 13.9 Å². The van der Waals surface area contributed by atoms with Gasteiger partial charge in [0.2, 0.25) is 0 Å². The van der Waals surface area contributed by atoms with Crippen molar-refractivity contribution in [2.45, 2.75) is 20.0 Å². The molecule has 0 radical (unpaired) electrons. The van der Waals surface area contributed by atoms with Gasteiger partial charge < -0.3 is 29.0 Å². The van der Waals surface area contributed by atoms with E-state index in [1.54, 1.807) is 13.4 Å². The Bertz CT molecular complexity index is 723. The van der Waals surface area contributed by atoms with Crippen LogP contribution in [0.2, 0.25) is 0 Å². The summed E-state index contributed by atoms with van der Waals surface area (Å²) in [5.74, 6) is 2.74. The summed E-state index contributed by atoms with van der Waals surface area (Å²) in [6.45, 7) is 8.77. The van der Waals surface area contributed by atoms with E-state index in [0.717, 1.165) is 63.2 Å². The summed E-state index contributed by atoms with van der Waals surface area (Å²) in [5.41, 5.74) is 1.24. The fraction of sp³-hybridized carbons (Fsp3) is 0.500. The van der Waals surface area contributed by atoms with Gasteiger partial charge in [-0.15, -0.1) is 0 Å². The number of benzene rings is 1. The van der Waals surface area contributed by atoms with Crippen molar-refractivity contribution >= 4 is 11.6 Å². The number of nitrogens with one attached hydrogen (secondary N) is 1. The lowest BCUT2D eigenvalue weighted by Crippen LogP contribution is -2.52. The van der Waals surface area contributed by atoms with Crippen LogP contribution < -0.4 is 15.0 Å². The second-order valence-corrected chi connectivity index (χ2v) is 6.89. The third-order valence-corrected chi connectivity index (χ3v) is 4.88. The number of hydrogen-bond donors (Lipinski definition) is 1. The number of rotatable bonds is 9. The van der Waals surface area contributed by atoms with Crippen LogP contribution in [0.3, 0.4) is 0 Å². The van der Waals surface area contributed by atoms with Crippen molar-refractivity contribution in [1.82, 2.24) is 10.2 Å². The van der Waals surface area contributed by atoms with Crippen molar-refractivity contribution in [3.63, 3.8) is 0 Å². The highest BCUT2D eigenvalue weighted by Gasteiger charge is 2.19. The zero-order chi connectivity index (χ0) is 20.3. The van der Waals surface area contributed by atoms with Crippen LogP contribution in [-0.2, 0) is 11.3 Å². The Morgan fingerprint density at radius 1 is 1.14 bits per heavy atom. The molecule has 0 spiro atoms. The largest absolute Gasteiger partial charge is 0.497 e. The standard InChI is InChI=1S/C22H32N4O3/c1-3-23-22(24-11-5-16-28-18-21-6-4-17-29-21)26-14-12-25(13-15-26)19-7-9-20(27-2)10-8-19/h4,6-10,17H,3,5,11-16,18H2,1-2H3,(H,23,24). The predicted octanol–water partition coefficient (Wildman–Crippen LogP) is 2.98. The second-order valence-electron chi connectivity index (χ2n) is 6.89. The van der Waals surface area contributed by atoms with Gasteiger partial charge in [-0.1, -0.05) is 0 Å². The molecule has 0 unspecified atom stereocenters. The Labute approximate surface area is 173 Å². The molecule has 2 aromatic rings. The zero-order valence-electron chi connectivity index (χ0n) is 17.5. The van der Waals surface area contributed by atoms with E-state index in [2.05, 4.69) is 34.2 Å². The van der Waals surface area contributed by atoms with E-state index in [1.165, 1.54) is 5.69 Å². The Kier molecular flexibility index (Phi) is 8.25. The molecule has 0 atom stereocenters. The molecule has 1 aliphatic rings. The number of anilines is 1. The molecule has 2 heterocycles. The highest BCUT2D eigenvalue weighted by molar-refractivity contribution is 5.80. The maximum absolute atomic E-state index is 5.63. The molecular weight excluding hydrogens is 368 g/mol. The summed E-state index contributed by atoms with van der Waals surface area (Å²) in [4.78, 5) is 9.53. The summed E-state index contributed by atoms with van der Waals surface area (Å²) in [7, 11) is 1.70. The minimum absolute atomic E-state index is 0.518. The van der Waals surface area contributed by atoms with Crippen LogP contribution >= 0.6 is 0 Å². The zero-order valence-corrected chi connectivity index (χ0v) is 17.5. The van der Waals surface area contributed by atoms with E-state index >= 15 is 0 Å². The van der Waals surface area contributed by atoms with Gasteiger partial charge in [0.1, 0.15) is 18.1 Å². The van der Waals surface area contributed by atoms with Gasteiger partial charge in [0.25, 0.3) is 0 Å². The molecule has 7 nitrogen and oxygen atoms in total. The van der Waals surface area contributed by atoms with Crippen LogP contribution in [0.25, 0.3) is 0 Å². The number of hydrogen-bond acceptors (Lipinski definition) is 5. The van der Waals surface area contributed by atoms with Crippen molar-refractivity contribution in [1.29, 1.82) is 0 Å². The third kappa shape index (κ3) is 6.42. The first-order chi connectivity index (χ1) is 14.3. The molecule has 1 fully saturated rings. The van der Waals surface area contributed by atoms with E-state index in [1.807, 2.05) is 24.3 Å². The molecule has 1 N–H and O–H groups in total. The maximum Gasteiger partial charge on any atom is 0.194 e. The molecule has 0 bridgehead atoms. The number of aliphatic imine (C=N–C) groups is 1. The molecule has 1 aromatic heterocycles. The summed E-state index contributed by atoms with van der Waals surface area (Å²) in [6, 6.07) is 12.1. The molecule has 1 aromatic carbocycles. The Morgan fingerprint density at radius 2 is 1.93 bits per heavy atom. The summed E-state index contributed by atoms with van der Waals surface area (Å²) >= 11 is 0. The molecular formula is C22H32N4O3. The molecule has 0 aliphatic carbocycles. The SMILES string of the molecule is CCNC(=NCCCOCc1ccco1)N1CCN(c2ccc(OC)cc2)CC1. The van der Waals surface area contributed by atoms with Gasteiger partial charge in [-0.05, 0) is 49.7 Å². The summed E-state index contributed by atoms with van der Waals surface area (Å²) in [6.07, 6.45) is 2.56. The van der Waals surface area contributed by atoms with Gasteiger partial charge >= 0.3 is 0 Å². The quantitative estimate of drug-likeness (QED) is 0.397. The fourth-order valence-corrected chi connectivity index (χ4v) is 3.31. The molecule has 1 aliphatic heterocycles. The van der Waals surface area contributed by atoms with Crippen LogP contribution in [-0.4, -0.2) is 63.8 Å². The lowest BCUT2D eigenvalue weighted by Gasteiger charge is -2.37. The van der Waals surface area contributed by atoms with Gasteiger partial charge in [0.05, 0.1) is 13.4 Å². The lowest BCUT2D eigenvalue weighted by molar-refractivity contribution is 0.105. The molecule has 1 saturated heterocycles. The fourth-order valence-electron chi connectivity index (χ4n) is 3.31. The monoisotopic (exact) mass is 400 g/mol. The molecule has 3 rings (SSSR count). The van der Waals surface area contributed by atoms with Crippen molar-refractivity contribution in [3.05, 3.63) is 48.4 Å². The van der Waals surface area contributed by atoms with Gasteiger partial charge in [0.15, 0.2) is 5.96 Å². The van der Waals surface area contributed by atoms with Crippen LogP contribution in [0.5, 0.6) is 5.75 Å². The number of ether oxygens (including phenoxy) is 2. The smallest absolute Gasteiger partial charge is 0.194 e. The third-order valence-electron chi connectivity index (χ3n) is 4.88. The number of guanidine groups is 1. The molecule has 29 heavy (non-hydrogen) atoms.